The number of piperazine rings is 1. The van der Waals surface area contributed by atoms with Gasteiger partial charge in [0.25, 0.3) is 5.69 Å². The van der Waals surface area contributed by atoms with Crippen molar-refractivity contribution >= 4 is 51.0 Å². The van der Waals surface area contributed by atoms with Crippen LogP contribution in [0.4, 0.5) is 16.4 Å². The van der Waals surface area contributed by atoms with Crippen molar-refractivity contribution in [3.05, 3.63) is 50.9 Å². The Morgan fingerprint density at radius 2 is 1.93 bits per heavy atom. The van der Waals surface area contributed by atoms with Crippen molar-refractivity contribution in [1.29, 1.82) is 0 Å². The van der Waals surface area contributed by atoms with Crippen molar-refractivity contribution in [3.8, 4) is 0 Å². The summed E-state index contributed by atoms with van der Waals surface area (Å²) in [5, 5.41) is 15.3. The number of non-ortho nitro benzene ring substituents is 1. The number of nitro benzene ring substituents is 1. The minimum absolute atomic E-state index is 0.0848. The van der Waals surface area contributed by atoms with Crippen molar-refractivity contribution in [2.75, 3.05) is 43.5 Å². The molecule has 1 aromatic heterocycles. The third-order valence-electron chi connectivity index (χ3n) is 4.75. The molecule has 10 heteroatoms. The number of aryl methyl sites for hydroxylation is 1. The Hall–Kier alpha value is -2.72. The molecule has 1 aliphatic rings. The first kappa shape index (κ1) is 21.0. The normalized spacial score (nSPS) is 13.9. The number of hydrogen-bond acceptors (Lipinski definition) is 7. The average molecular weight is 435 g/mol. The van der Waals surface area contributed by atoms with E-state index in [0.29, 0.717) is 28.8 Å². The minimum Gasteiger partial charge on any atom is -0.465 e. The van der Waals surface area contributed by atoms with E-state index in [9.17, 15) is 14.9 Å². The Balaban J connectivity index is 1.61. The van der Waals surface area contributed by atoms with Gasteiger partial charge in [-0.15, -0.1) is 11.3 Å². The molecule has 154 valence electrons. The van der Waals surface area contributed by atoms with Gasteiger partial charge in [-0.05, 0) is 36.8 Å². The van der Waals surface area contributed by atoms with E-state index in [1.165, 1.54) is 30.6 Å². The van der Waals surface area contributed by atoms with Crippen LogP contribution in [0.2, 0.25) is 0 Å². The van der Waals surface area contributed by atoms with E-state index in [2.05, 4.69) is 15.1 Å². The van der Waals surface area contributed by atoms with Gasteiger partial charge in [0.1, 0.15) is 5.00 Å². The molecule has 2 heterocycles. The summed E-state index contributed by atoms with van der Waals surface area (Å²) in [4.78, 5) is 27.7. The fraction of sp³-hybridized carbons (Fsp3) is 0.368. The van der Waals surface area contributed by atoms with Crippen LogP contribution < -0.4 is 10.2 Å². The topological polar surface area (TPSA) is 88.0 Å². The van der Waals surface area contributed by atoms with Crippen LogP contribution in [0, 0.1) is 10.1 Å². The van der Waals surface area contributed by atoms with Crippen LogP contribution in [-0.4, -0.2) is 54.2 Å². The molecule has 0 atom stereocenters. The number of esters is 1. The molecule has 2 aromatic rings. The molecule has 1 aromatic carbocycles. The highest BCUT2D eigenvalue weighted by molar-refractivity contribution is 7.80. The summed E-state index contributed by atoms with van der Waals surface area (Å²) < 4.78 is 4.87. The Labute approximate surface area is 178 Å². The number of hydrogen-bond donors (Lipinski definition) is 1. The molecule has 0 bridgehead atoms. The van der Waals surface area contributed by atoms with Crippen molar-refractivity contribution in [2.45, 2.75) is 13.3 Å². The molecule has 29 heavy (non-hydrogen) atoms. The lowest BCUT2D eigenvalue weighted by Gasteiger charge is -2.37. The van der Waals surface area contributed by atoms with Gasteiger partial charge >= 0.3 is 5.97 Å². The number of ether oxygens (including phenoxy) is 1. The summed E-state index contributed by atoms with van der Waals surface area (Å²) in [6.07, 6.45) is 0.830. The second-order valence-corrected chi connectivity index (χ2v) is 8.00. The summed E-state index contributed by atoms with van der Waals surface area (Å²) in [5.41, 5.74) is 1.54. The number of thiophene rings is 1. The summed E-state index contributed by atoms with van der Waals surface area (Å²) in [6, 6.07) is 8.42. The molecule has 1 N–H and O–H groups in total. The summed E-state index contributed by atoms with van der Waals surface area (Å²) >= 11 is 7.07. The quantitative estimate of drug-likeness (QED) is 0.331. The molecule has 1 saturated heterocycles. The molecule has 1 aliphatic heterocycles. The number of rotatable bonds is 5. The molecular weight excluding hydrogens is 412 g/mol. The number of methoxy groups -OCH3 is 1. The van der Waals surface area contributed by atoms with Crippen molar-refractivity contribution in [1.82, 2.24) is 4.90 Å². The van der Waals surface area contributed by atoms with E-state index >= 15 is 0 Å². The predicted molar refractivity (Wildman–Crippen MR) is 118 cm³/mol. The van der Waals surface area contributed by atoms with Crippen molar-refractivity contribution < 1.29 is 14.5 Å². The zero-order chi connectivity index (χ0) is 21.0. The van der Waals surface area contributed by atoms with Crippen LogP contribution >= 0.6 is 23.6 Å². The van der Waals surface area contributed by atoms with Crippen LogP contribution in [0.3, 0.4) is 0 Å². The van der Waals surface area contributed by atoms with Gasteiger partial charge in [-0.1, -0.05) is 6.92 Å². The van der Waals surface area contributed by atoms with Crippen LogP contribution in [0.5, 0.6) is 0 Å². The van der Waals surface area contributed by atoms with Crippen molar-refractivity contribution in [3.63, 3.8) is 0 Å². The zero-order valence-electron chi connectivity index (χ0n) is 16.2. The number of carbonyl (C=O) groups is 1. The summed E-state index contributed by atoms with van der Waals surface area (Å²) in [7, 11) is 1.37. The lowest BCUT2D eigenvalue weighted by molar-refractivity contribution is -0.384. The lowest BCUT2D eigenvalue weighted by atomic mass is 10.2. The van der Waals surface area contributed by atoms with E-state index in [4.69, 9.17) is 17.0 Å². The second kappa shape index (κ2) is 9.19. The largest absolute Gasteiger partial charge is 0.465 e. The van der Waals surface area contributed by atoms with Crippen LogP contribution in [0.15, 0.2) is 30.3 Å². The van der Waals surface area contributed by atoms with E-state index in [1.807, 2.05) is 13.0 Å². The van der Waals surface area contributed by atoms with E-state index in [-0.39, 0.29) is 11.7 Å². The highest BCUT2D eigenvalue weighted by Crippen LogP contribution is 2.30. The van der Waals surface area contributed by atoms with Crippen LogP contribution in [-0.2, 0) is 11.2 Å². The van der Waals surface area contributed by atoms with Gasteiger partial charge in [0.05, 0.1) is 17.6 Å². The van der Waals surface area contributed by atoms with Gasteiger partial charge in [-0.3, -0.25) is 10.1 Å². The molecule has 0 aliphatic carbocycles. The Kier molecular flexibility index (Phi) is 6.65. The zero-order valence-corrected chi connectivity index (χ0v) is 17.8. The molecule has 0 amide bonds. The number of anilines is 2. The molecule has 0 unspecified atom stereocenters. The fourth-order valence-corrected chi connectivity index (χ4v) is 4.43. The molecule has 8 nitrogen and oxygen atoms in total. The SMILES string of the molecule is CCc1cc(C(=O)OC)c(NC(=S)N2CCN(c3ccc([N+](=O)[O-])cc3)CC2)s1. The maximum absolute atomic E-state index is 12.0. The number of nitrogens with one attached hydrogen (secondary N) is 1. The van der Waals surface area contributed by atoms with E-state index < -0.39 is 4.92 Å². The molecule has 0 spiro atoms. The molecule has 0 radical (unpaired) electrons. The van der Waals surface area contributed by atoms with Crippen LogP contribution in [0.1, 0.15) is 22.2 Å². The summed E-state index contributed by atoms with van der Waals surface area (Å²) in [6.45, 7) is 4.94. The molecule has 1 fully saturated rings. The standard InChI is InChI=1S/C19H22N4O4S2/c1-3-15-12-16(18(24)27-2)17(29-15)20-19(28)22-10-8-21(9-11-22)13-4-6-14(7-5-13)23(25)26/h4-7,12H,3,8-11H2,1-2H3,(H,20,28). The first-order valence-corrected chi connectivity index (χ1v) is 10.4. The third-order valence-corrected chi connectivity index (χ3v) is 6.30. The van der Waals surface area contributed by atoms with Crippen molar-refractivity contribution in [2.24, 2.45) is 0 Å². The lowest BCUT2D eigenvalue weighted by Crippen LogP contribution is -2.50. The Morgan fingerprint density at radius 1 is 1.28 bits per heavy atom. The van der Waals surface area contributed by atoms with E-state index in [1.54, 1.807) is 12.1 Å². The molecule has 0 saturated carbocycles. The number of nitrogens with zero attached hydrogens (tertiary/aromatic N) is 3. The third kappa shape index (κ3) is 4.83. The van der Waals surface area contributed by atoms with Gasteiger partial charge in [0.15, 0.2) is 5.11 Å². The summed E-state index contributed by atoms with van der Waals surface area (Å²) in [5.74, 6) is -0.380. The highest BCUT2D eigenvalue weighted by atomic mass is 32.1. The molecular formula is C19H22N4O4S2. The first-order chi connectivity index (χ1) is 13.9. The Bertz CT molecular complexity index is 905. The first-order valence-electron chi connectivity index (χ1n) is 9.19. The minimum atomic E-state index is -0.400. The number of benzene rings is 1. The maximum atomic E-state index is 12.0. The van der Waals surface area contributed by atoms with Gasteiger partial charge in [0, 0.05) is 48.9 Å². The van der Waals surface area contributed by atoms with Gasteiger partial charge < -0.3 is 19.9 Å². The fourth-order valence-electron chi connectivity index (χ4n) is 3.10. The smallest absolute Gasteiger partial charge is 0.340 e. The highest BCUT2D eigenvalue weighted by Gasteiger charge is 2.22. The average Bonchev–Trinajstić information content (AvgIpc) is 3.16. The maximum Gasteiger partial charge on any atom is 0.340 e. The van der Waals surface area contributed by atoms with E-state index in [0.717, 1.165) is 30.1 Å². The number of thiocarbonyl (C=S) groups is 1. The monoisotopic (exact) mass is 434 g/mol. The van der Waals surface area contributed by atoms with Crippen LogP contribution in [0.25, 0.3) is 0 Å². The predicted octanol–water partition coefficient (Wildman–Crippen LogP) is 3.52. The van der Waals surface area contributed by atoms with Gasteiger partial charge in [0.2, 0.25) is 0 Å². The van der Waals surface area contributed by atoms with Gasteiger partial charge in [-0.2, -0.15) is 0 Å². The Morgan fingerprint density at radius 3 is 2.48 bits per heavy atom. The van der Waals surface area contributed by atoms with Gasteiger partial charge in [-0.25, -0.2) is 4.79 Å². The number of nitro groups is 1. The second-order valence-electron chi connectivity index (χ2n) is 6.48. The molecule has 3 rings (SSSR count). The number of carbonyl (C=O) groups excluding carboxylic acids is 1.